The van der Waals surface area contributed by atoms with Crippen molar-refractivity contribution in [3.8, 4) is 0 Å². The summed E-state index contributed by atoms with van der Waals surface area (Å²) >= 11 is 0. The van der Waals surface area contributed by atoms with Gasteiger partial charge in [0.05, 0.1) is 17.2 Å². The minimum atomic E-state index is -0.608. The molecule has 2 fully saturated rings. The second-order valence-electron chi connectivity index (χ2n) is 7.64. The van der Waals surface area contributed by atoms with Crippen LogP contribution in [0.5, 0.6) is 0 Å². The van der Waals surface area contributed by atoms with Crippen LogP contribution in [0.15, 0.2) is 29.3 Å². The molecular formula is C20H27N5O2. The number of fused-ring (bicyclic) bond motifs is 1. The zero-order chi connectivity index (χ0) is 18.8. The Bertz CT molecular complexity index is 880. The number of anilines is 1. The topological polar surface area (TPSA) is 93.2 Å². The maximum absolute atomic E-state index is 13.2. The fourth-order valence-electron chi connectivity index (χ4n) is 4.49. The molecule has 1 aliphatic heterocycles. The van der Waals surface area contributed by atoms with Crippen LogP contribution < -0.4 is 21.5 Å². The average Bonchev–Trinajstić information content (AvgIpc) is 3.04. The quantitative estimate of drug-likeness (QED) is 0.850. The van der Waals surface area contributed by atoms with Crippen molar-refractivity contribution in [1.82, 2.24) is 14.9 Å². The number of amides is 1. The van der Waals surface area contributed by atoms with Crippen molar-refractivity contribution in [2.75, 3.05) is 31.1 Å². The second-order valence-corrected chi connectivity index (χ2v) is 7.64. The van der Waals surface area contributed by atoms with Crippen LogP contribution in [0.3, 0.4) is 0 Å². The summed E-state index contributed by atoms with van der Waals surface area (Å²) < 4.78 is 1.47. The lowest BCUT2D eigenvalue weighted by atomic mass is 9.97. The molecule has 1 aromatic heterocycles. The molecule has 2 aliphatic rings. The number of rotatable bonds is 4. The van der Waals surface area contributed by atoms with Gasteiger partial charge in [0.25, 0.3) is 5.56 Å². The van der Waals surface area contributed by atoms with Gasteiger partial charge in [-0.1, -0.05) is 12.8 Å². The van der Waals surface area contributed by atoms with E-state index in [1.165, 1.54) is 10.9 Å². The van der Waals surface area contributed by atoms with Gasteiger partial charge >= 0.3 is 0 Å². The standard InChI is InChI=1S/C20H27N5O2/c21-19(26)18(14-4-1-2-5-14)25-13-23-17-7-6-15(12-16(17)20(25)27)24-10-3-8-22-9-11-24/h6-7,12-14,18,22H,1-5,8-11H2,(H2,21,26). The highest BCUT2D eigenvalue weighted by Crippen LogP contribution is 2.33. The van der Waals surface area contributed by atoms with Gasteiger partial charge in [-0.15, -0.1) is 0 Å². The number of nitrogens with two attached hydrogens (primary N) is 1. The predicted octanol–water partition coefficient (Wildman–Crippen LogP) is 1.41. The molecule has 4 rings (SSSR count). The normalized spacial score (nSPS) is 19.9. The van der Waals surface area contributed by atoms with E-state index in [-0.39, 0.29) is 11.5 Å². The van der Waals surface area contributed by atoms with Crippen molar-refractivity contribution in [2.24, 2.45) is 11.7 Å². The molecule has 1 atom stereocenters. The smallest absolute Gasteiger partial charge is 0.262 e. The lowest BCUT2D eigenvalue weighted by Crippen LogP contribution is -2.38. The summed E-state index contributed by atoms with van der Waals surface area (Å²) in [5.74, 6) is -0.320. The van der Waals surface area contributed by atoms with Crippen molar-refractivity contribution in [1.29, 1.82) is 0 Å². The summed E-state index contributed by atoms with van der Waals surface area (Å²) in [6.45, 7) is 3.81. The van der Waals surface area contributed by atoms with Gasteiger partial charge in [-0.3, -0.25) is 14.2 Å². The van der Waals surface area contributed by atoms with Crippen molar-refractivity contribution in [3.05, 3.63) is 34.9 Å². The van der Waals surface area contributed by atoms with Crippen LogP contribution in [0, 0.1) is 5.92 Å². The number of primary amides is 1. The Labute approximate surface area is 158 Å². The van der Waals surface area contributed by atoms with Gasteiger partial charge in [0.2, 0.25) is 5.91 Å². The second kappa shape index (κ2) is 7.68. The molecule has 27 heavy (non-hydrogen) atoms. The molecule has 7 nitrogen and oxygen atoms in total. The highest BCUT2D eigenvalue weighted by Gasteiger charge is 2.31. The van der Waals surface area contributed by atoms with Crippen molar-refractivity contribution >= 4 is 22.5 Å². The Balaban J connectivity index is 1.75. The highest BCUT2D eigenvalue weighted by atomic mass is 16.2. The summed E-state index contributed by atoms with van der Waals surface area (Å²) in [7, 11) is 0. The van der Waals surface area contributed by atoms with Gasteiger partial charge in [0.15, 0.2) is 0 Å². The van der Waals surface area contributed by atoms with E-state index in [1.54, 1.807) is 0 Å². The van der Waals surface area contributed by atoms with Crippen LogP contribution in [-0.2, 0) is 4.79 Å². The molecule has 7 heteroatoms. The van der Waals surface area contributed by atoms with E-state index in [0.717, 1.165) is 64.0 Å². The molecule has 2 aromatic rings. The Morgan fingerprint density at radius 3 is 2.78 bits per heavy atom. The SMILES string of the molecule is NC(=O)C(C1CCCC1)n1cnc2ccc(N3CCCNCC3)cc2c1=O. The minimum absolute atomic E-state index is 0.124. The van der Waals surface area contributed by atoms with E-state index in [0.29, 0.717) is 10.9 Å². The minimum Gasteiger partial charge on any atom is -0.370 e. The Morgan fingerprint density at radius 2 is 2.00 bits per heavy atom. The Morgan fingerprint density at radius 1 is 1.19 bits per heavy atom. The van der Waals surface area contributed by atoms with E-state index < -0.39 is 11.9 Å². The first-order chi connectivity index (χ1) is 13.1. The molecule has 1 aromatic carbocycles. The number of nitrogens with one attached hydrogen (secondary N) is 1. The van der Waals surface area contributed by atoms with E-state index in [2.05, 4.69) is 15.2 Å². The summed E-state index contributed by atoms with van der Waals surface area (Å²) in [5, 5.41) is 3.94. The number of hydrogen-bond donors (Lipinski definition) is 2. The van der Waals surface area contributed by atoms with Crippen LogP contribution in [0.2, 0.25) is 0 Å². The molecule has 1 amide bonds. The summed E-state index contributed by atoms with van der Waals surface area (Å²) in [6, 6.07) is 5.22. The highest BCUT2D eigenvalue weighted by molar-refractivity contribution is 5.83. The Kier molecular flexibility index (Phi) is 5.11. The van der Waals surface area contributed by atoms with Gasteiger partial charge in [-0.25, -0.2) is 4.98 Å². The summed E-state index contributed by atoms with van der Waals surface area (Å²) in [5.41, 5.74) is 7.19. The zero-order valence-corrected chi connectivity index (χ0v) is 15.6. The van der Waals surface area contributed by atoms with E-state index in [1.807, 2.05) is 18.2 Å². The van der Waals surface area contributed by atoms with Gasteiger partial charge in [0, 0.05) is 25.3 Å². The van der Waals surface area contributed by atoms with Gasteiger partial charge in [-0.2, -0.15) is 0 Å². The van der Waals surface area contributed by atoms with Crippen molar-refractivity contribution in [3.63, 3.8) is 0 Å². The van der Waals surface area contributed by atoms with E-state index >= 15 is 0 Å². The average molecular weight is 369 g/mol. The summed E-state index contributed by atoms with van der Waals surface area (Å²) in [4.78, 5) is 32.1. The van der Waals surface area contributed by atoms with Crippen molar-refractivity contribution < 1.29 is 4.79 Å². The van der Waals surface area contributed by atoms with Crippen LogP contribution in [0.25, 0.3) is 10.9 Å². The third-order valence-electron chi connectivity index (χ3n) is 5.91. The molecule has 0 radical (unpaired) electrons. The van der Waals surface area contributed by atoms with Crippen LogP contribution in [-0.4, -0.2) is 41.6 Å². The first-order valence-corrected chi connectivity index (χ1v) is 9.91. The first kappa shape index (κ1) is 18.0. The number of benzene rings is 1. The van der Waals surface area contributed by atoms with Gasteiger partial charge in [-0.05, 0) is 49.9 Å². The van der Waals surface area contributed by atoms with Crippen LogP contribution in [0.4, 0.5) is 5.69 Å². The molecule has 0 spiro atoms. The van der Waals surface area contributed by atoms with Crippen LogP contribution >= 0.6 is 0 Å². The number of nitrogens with zero attached hydrogens (tertiary/aromatic N) is 3. The first-order valence-electron chi connectivity index (χ1n) is 9.91. The van der Waals surface area contributed by atoms with Gasteiger partial charge in [0.1, 0.15) is 6.04 Å². The number of hydrogen-bond acceptors (Lipinski definition) is 5. The number of carbonyl (C=O) groups excluding carboxylic acids is 1. The number of carbonyl (C=O) groups is 1. The monoisotopic (exact) mass is 369 g/mol. The lowest BCUT2D eigenvalue weighted by Gasteiger charge is -2.24. The third-order valence-corrected chi connectivity index (χ3v) is 5.91. The molecule has 1 saturated heterocycles. The number of aromatic nitrogens is 2. The largest absolute Gasteiger partial charge is 0.370 e. The molecular weight excluding hydrogens is 342 g/mol. The fourth-order valence-corrected chi connectivity index (χ4v) is 4.49. The molecule has 0 bridgehead atoms. The lowest BCUT2D eigenvalue weighted by molar-refractivity contribution is -0.122. The molecule has 3 N–H and O–H groups in total. The molecule has 2 heterocycles. The zero-order valence-electron chi connectivity index (χ0n) is 15.6. The van der Waals surface area contributed by atoms with E-state index in [9.17, 15) is 9.59 Å². The molecule has 1 saturated carbocycles. The summed E-state index contributed by atoms with van der Waals surface area (Å²) in [6.07, 6.45) is 6.58. The maximum atomic E-state index is 13.2. The molecule has 144 valence electrons. The van der Waals surface area contributed by atoms with Gasteiger partial charge < -0.3 is 16.0 Å². The predicted molar refractivity (Wildman–Crippen MR) is 106 cm³/mol. The van der Waals surface area contributed by atoms with Crippen LogP contribution in [0.1, 0.15) is 38.1 Å². The Hall–Kier alpha value is -2.41. The maximum Gasteiger partial charge on any atom is 0.262 e. The molecule has 1 aliphatic carbocycles. The fraction of sp³-hybridized carbons (Fsp3) is 0.550. The third kappa shape index (κ3) is 3.56. The van der Waals surface area contributed by atoms with E-state index in [4.69, 9.17) is 5.73 Å². The molecule has 1 unspecified atom stereocenters. The van der Waals surface area contributed by atoms with Crippen molar-refractivity contribution in [2.45, 2.75) is 38.1 Å².